The maximum absolute atomic E-state index is 4.67. The lowest BCUT2D eigenvalue weighted by Gasteiger charge is -2.13. The highest BCUT2D eigenvalue weighted by molar-refractivity contribution is 5.96. The van der Waals surface area contributed by atoms with Gasteiger partial charge in [-0.05, 0) is 49.6 Å². The quantitative estimate of drug-likeness (QED) is 0.685. The minimum atomic E-state index is 1.11. The third-order valence-corrected chi connectivity index (χ3v) is 4.02. The van der Waals surface area contributed by atoms with Crippen molar-refractivity contribution in [3.05, 3.63) is 53.9 Å². The van der Waals surface area contributed by atoms with Crippen LogP contribution in [0.5, 0.6) is 0 Å². The molecule has 1 heteroatoms. The summed E-state index contributed by atoms with van der Waals surface area (Å²) in [6.07, 6.45) is 15.0. The molecule has 0 atom stereocenters. The van der Waals surface area contributed by atoms with Gasteiger partial charge in [0.25, 0.3) is 0 Å². The Morgan fingerprint density at radius 2 is 2.00 bits per heavy atom. The van der Waals surface area contributed by atoms with E-state index in [4.69, 9.17) is 0 Å². The van der Waals surface area contributed by atoms with E-state index in [1.54, 1.807) is 0 Å². The lowest BCUT2D eigenvalue weighted by molar-refractivity contribution is 0.720. The number of pyridine rings is 1. The van der Waals surface area contributed by atoms with E-state index in [-0.39, 0.29) is 0 Å². The fourth-order valence-corrected chi connectivity index (χ4v) is 3.04. The van der Waals surface area contributed by atoms with Crippen molar-refractivity contribution in [2.24, 2.45) is 0 Å². The van der Waals surface area contributed by atoms with Gasteiger partial charge < -0.3 is 0 Å². The molecule has 0 N–H and O–H groups in total. The molecule has 102 valence electrons. The van der Waals surface area contributed by atoms with Crippen LogP contribution in [-0.4, -0.2) is 4.98 Å². The molecule has 2 aromatic rings. The summed E-state index contributed by atoms with van der Waals surface area (Å²) in [7, 11) is 0. The second-order valence-electron chi connectivity index (χ2n) is 5.43. The van der Waals surface area contributed by atoms with Crippen LogP contribution in [0.15, 0.2) is 42.6 Å². The summed E-state index contributed by atoms with van der Waals surface area (Å²) in [5.41, 5.74) is 3.95. The van der Waals surface area contributed by atoms with Gasteiger partial charge in [-0.1, -0.05) is 42.8 Å². The summed E-state index contributed by atoms with van der Waals surface area (Å²) in [4.78, 5) is 4.67. The largest absolute Gasteiger partial charge is 0.256 e. The summed E-state index contributed by atoms with van der Waals surface area (Å²) in [5, 5.41) is 2.57. The van der Waals surface area contributed by atoms with Crippen molar-refractivity contribution in [2.45, 2.75) is 39.0 Å². The molecule has 0 bridgehead atoms. The molecule has 0 unspecified atom stereocenters. The zero-order valence-corrected chi connectivity index (χ0v) is 12.1. The summed E-state index contributed by atoms with van der Waals surface area (Å²) in [5.74, 6) is 0. The number of rotatable bonds is 2. The van der Waals surface area contributed by atoms with Crippen molar-refractivity contribution in [1.82, 2.24) is 4.98 Å². The second-order valence-corrected chi connectivity index (χ2v) is 5.43. The molecular formula is C19H21N. The van der Waals surface area contributed by atoms with Gasteiger partial charge in [0.2, 0.25) is 0 Å². The van der Waals surface area contributed by atoms with Gasteiger partial charge >= 0.3 is 0 Å². The van der Waals surface area contributed by atoms with Gasteiger partial charge in [0, 0.05) is 17.1 Å². The van der Waals surface area contributed by atoms with E-state index in [2.05, 4.69) is 54.4 Å². The number of benzene rings is 1. The zero-order chi connectivity index (χ0) is 13.8. The van der Waals surface area contributed by atoms with Crippen molar-refractivity contribution in [3.8, 4) is 0 Å². The van der Waals surface area contributed by atoms with Crippen LogP contribution >= 0.6 is 0 Å². The summed E-state index contributed by atoms with van der Waals surface area (Å²) >= 11 is 0. The molecule has 1 heterocycles. The van der Waals surface area contributed by atoms with Gasteiger partial charge in [-0.2, -0.15) is 0 Å². The van der Waals surface area contributed by atoms with Crippen LogP contribution in [-0.2, 0) is 0 Å². The number of allylic oxidation sites excluding steroid dienone is 3. The second kappa shape index (κ2) is 6.04. The highest BCUT2D eigenvalue weighted by Gasteiger charge is 2.13. The Hall–Kier alpha value is -1.89. The van der Waals surface area contributed by atoms with Gasteiger partial charge in [0.05, 0.1) is 5.69 Å². The average molecular weight is 263 g/mol. The van der Waals surface area contributed by atoms with Crippen molar-refractivity contribution in [3.63, 3.8) is 0 Å². The maximum Gasteiger partial charge on any atom is 0.0707 e. The first-order valence-electron chi connectivity index (χ1n) is 7.60. The molecule has 0 saturated heterocycles. The van der Waals surface area contributed by atoms with Crippen LogP contribution in [0, 0.1) is 0 Å². The molecule has 0 saturated carbocycles. The van der Waals surface area contributed by atoms with E-state index in [0.29, 0.717) is 0 Å². The first-order valence-corrected chi connectivity index (χ1v) is 7.60. The summed E-state index contributed by atoms with van der Waals surface area (Å²) < 4.78 is 0. The van der Waals surface area contributed by atoms with Gasteiger partial charge in [0.1, 0.15) is 0 Å². The first kappa shape index (κ1) is 13.1. The van der Waals surface area contributed by atoms with Crippen LogP contribution in [0.1, 0.15) is 50.3 Å². The molecule has 1 nitrogen and oxygen atoms in total. The van der Waals surface area contributed by atoms with Gasteiger partial charge in [-0.25, -0.2) is 0 Å². The van der Waals surface area contributed by atoms with Gasteiger partial charge in [0.15, 0.2) is 0 Å². The molecule has 1 aromatic heterocycles. The summed E-state index contributed by atoms with van der Waals surface area (Å²) in [6.45, 7) is 2.06. The molecule has 0 amide bonds. The third kappa shape index (κ3) is 2.53. The number of hydrogen-bond acceptors (Lipinski definition) is 1. The molecule has 1 aliphatic carbocycles. The number of hydrogen-bond donors (Lipinski definition) is 0. The highest BCUT2D eigenvalue weighted by Crippen LogP contribution is 2.33. The Bertz CT molecular complexity index is 665. The Morgan fingerprint density at radius 3 is 2.90 bits per heavy atom. The van der Waals surface area contributed by atoms with Crippen LogP contribution in [0.3, 0.4) is 0 Å². The fraction of sp³-hybridized carbons (Fsp3) is 0.316. The SMILES string of the molecule is C/C=C\c1ncc2ccccc2c1C1=CCCCCC1. The normalized spacial score (nSPS) is 16.4. The molecule has 1 aromatic carbocycles. The van der Waals surface area contributed by atoms with Crippen molar-refractivity contribution >= 4 is 22.4 Å². The van der Waals surface area contributed by atoms with Crippen LogP contribution in [0.25, 0.3) is 22.4 Å². The molecular weight excluding hydrogens is 242 g/mol. The van der Waals surface area contributed by atoms with Crippen molar-refractivity contribution in [1.29, 1.82) is 0 Å². The first-order chi connectivity index (χ1) is 9.90. The standard InChI is InChI=1S/C19H21N/c1-2-9-18-19(15-10-5-3-4-6-11-15)17-13-8-7-12-16(17)14-20-18/h2,7-10,12-14H,3-6,11H2,1H3/b9-2-. The van der Waals surface area contributed by atoms with E-state index in [9.17, 15) is 0 Å². The van der Waals surface area contributed by atoms with E-state index in [1.807, 2.05) is 6.20 Å². The number of fused-ring (bicyclic) bond motifs is 1. The lowest BCUT2D eigenvalue weighted by atomic mass is 9.94. The minimum absolute atomic E-state index is 1.11. The average Bonchev–Trinajstić information content (AvgIpc) is 2.76. The predicted octanol–water partition coefficient (Wildman–Crippen LogP) is 5.62. The minimum Gasteiger partial charge on any atom is -0.256 e. The van der Waals surface area contributed by atoms with Crippen LogP contribution in [0.2, 0.25) is 0 Å². The molecule has 0 fully saturated rings. The van der Waals surface area contributed by atoms with Crippen molar-refractivity contribution < 1.29 is 0 Å². The van der Waals surface area contributed by atoms with E-state index in [1.165, 1.54) is 54.0 Å². The topological polar surface area (TPSA) is 12.9 Å². The van der Waals surface area contributed by atoms with E-state index >= 15 is 0 Å². The Balaban J connectivity index is 2.23. The molecule has 0 aliphatic heterocycles. The predicted molar refractivity (Wildman–Crippen MR) is 87.5 cm³/mol. The Labute approximate surface area is 121 Å². The van der Waals surface area contributed by atoms with Gasteiger partial charge in [-0.15, -0.1) is 0 Å². The van der Waals surface area contributed by atoms with E-state index < -0.39 is 0 Å². The molecule has 3 rings (SSSR count). The monoisotopic (exact) mass is 263 g/mol. The number of aromatic nitrogens is 1. The van der Waals surface area contributed by atoms with Gasteiger partial charge in [-0.3, -0.25) is 4.98 Å². The zero-order valence-electron chi connectivity index (χ0n) is 12.1. The molecule has 0 radical (unpaired) electrons. The van der Waals surface area contributed by atoms with Crippen molar-refractivity contribution in [2.75, 3.05) is 0 Å². The smallest absolute Gasteiger partial charge is 0.0707 e. The maximum atomic E-state index is 4.67. The molecule has 20 heavy (non-hydrogen) atoms. The van der Waals surface area contributed by atoms with Crippen LogP contribution < -0.4 is 0 Å². The summed E-state index contributed by atoms with van der Waals surface area (Å²) in [6, 6.07) is 8.60. The lowest BCUT2D eigenvalue weighted by Crippen LogP contribution is -1.95. The molecule has 1 aliphatic rings. The van der Waals surface area contributed by atoms with E-state index in [0.717, 1.165) is 5.69 Å². The highest BCUT2D eigenvalue weighted by atomic mass is 14.7. The molecule has 0 spiro atoms. The number of nitrogens with zero attached hydrogens (tertiary/aromatic N) is 1. The Morgan fingerprint density at radius 1 is 1.10 bits per heavy atom. The Kier molecular flexibility index (Phi) is 3.96. The third-order valence-electron chi connectivity index (χ3n) is 4.02. The van der Waals surface area contributed by atoms with Crippen LogP contribution in [0.4, 0.5) is 0 Å². The fourth-order valence-electron chi connectivity index (χ4n) is 3.04.